The van der Waals surface area contributed by atoms with Crippen molar-refractivity contribution in [2.75, 3.05) is 6.54 Å². The number of hydrogen-bond donors (Lipinski definition) is 0. The summed E-state index contributed by atoms with van der Waals surface area (Å²) in [6.45, 7) is 5.10. The SMILES string of the molecule is Cc1nn(C)c2sc(-c3nnc4n3CCN(C(=O)c3ccc(F)cc3)[C@@H]4C)cc12. The van der Waals surface area contributed by atoms with E-state index in [-0.39, 0.29) is 17.8 Å². The molecule has 0 N–H and O–H groups in total. The second-order valence-corrected chi connectivity index (χ2v) is 8.28. The van der Waals surface area contributed by atoms with Gasteiger partial charge in [0.2, 0.25) is 0 Å². The van der Waals surface area contributed by atoms with Crippen LogP contribution in [-0.4, -0.2) is 41.9 Å². The van der Waals surface area contributed by atoms with E-state index in [1.807, 2.05) is 25.6 Å². The first-order valence-corrected chi connectivity index (χ1v) is 10.2. The van der Waals surface area contributed by atoms with E-state index >= 15 is 0 Å². The Morgan fingerprint density at radius 2 is 1.97 bits per heavy atom. The summed E-state index contributed by atoms with van der Waals surface area (Å²) in [5, 5.41) is 14.4. The molecule has 0 unspecified atom stereocenters. The molecule has 9 heteroatoms. The summed E-state index contributed by atoms with van der Waals surface area (Å²) < 4.78 is 17.2. The highest BCUT2D eigenvalue weighted by atomic mass is 32.1. The van der Waals surface area contributed by atoms with Gasteiger partial charge in [-0.2, -0.15) is 5.10 Å². The summed E-state index contributed by atoms with van der Waals surface area (Å²) >= 11 is 1.64. The zero-order chi connectivity index (χ0) is 20.3. The molecule has 1 aromatic carbocycles. The Hall–Kier alpha value is -3.07. The van der Waals surface area contributed by atoms with Crippen LogP contribution in [0.25, 0.3) is 20.9 Å². The van der Waals surface area contributed by atoms with Crippen molar-refractivity contribution in [2.45, 2.75) is 26.4 Å². The standard InChI is InChI=1S/C20H19FN6OS/c1-11-15-10-16(29-20(15)25(3)24-11)18-23-22-17-12(2)26(8-9-27(17)18)19(28)13-4-6-14(21)7-5-13/h4-7,10,12H,8-9H2,1-3H3/t12-/m1/s1. The number of aryl methyl sites for hydroxylation is 2. The van der Waals surface area contributed by atoms with Gasteiger partial charge < -0.3 is 9.47 Å². The van der Waals surface area contributed by atoms with Crippen molar-refractivity contribution in [1.29, 1.82) is 0 Å². The first-order valence-electron chi connectivity index (χ1n) is 9.37. The Morgan fingerprint density at radius 1 is 1.21 bits per heavy atom. The largest absolute Gasteiger partial charge is 0.327 e. The smallest absolute Gasteiger partial charge is 0.254 e. The van der Waals surface area contributed by atoms with Crippen molar-refractivity contribution in [2.24, 2.45) is 7.05 Å². The molecule has 0 saturated carbocycles. The van der Waals surface area contributed by atoms with Gasteiger partial charge in [0, 0.05) is 31.1 Å². The van der Waals surface area contributed by atoms with Gasteiger partial charge in [0.15, 0.2) is 11.6 Å². The van der Waals surface area contributed by atoms with E-state index in [1.54, 1.807) is 16.2 Å². The summed E-state index contributed by atoms with van der Waals surface area (Å²) in [6, 6.07) is 7.54. The van der Waals surface area contributed by atoms with E-state index < -0.39 is 0 Å². The van der Waals surface area contributed by atoms with Crippen LogP contribution in [0, 0.1) is 12.7 Å². The van der Waals surface area contributed by atoms with Gasteiger partial charge in [0.05, 0.1) is 16.6 Å². The fourth-order valence-electron chi connectivity index (χ4n) is 3.92. The lowest BCUT2D eigenvalue weighted by Crippen LogP contribution is -2.41. The molecule has 0 saturated heterocycles. The van der Waals surface area contributed by atoms with Crippen LogP contribution in [-0.2, 0) is 13.6 Å². The zero-order valence-electron chi connectivity index (χ0n) is 16.3. The van der Waals surface area contributed by atoms with Gasteiger partial charge in [-0.05, 0) is 44.2 Å². The van der Waals surface area contributed by atoms with Crippen LogP contribution >= 0.6 is 11.3 Å². The number of fused-ring (bicyclic) bond motifs is 2. The van der Waals surface area contributed by atoms with Crippen LogP contribution in [0.4, 0.5) is 4.39 Å². The Bertz CT molecular complexity index is 1200. The van der Waals surface area contributed by atoms with Crippen molar-refractivity contribution in [3.8, 4) is 10.7 Å². The molecule has 3 aromatic heterocycles. The third-order valence-corrected chi connectivity index (χ3v) is 6.65. The quantitative estimate of drug-likeness (QED) is 0.507. The number of aromatic nitrogens is 5. The summed E-state index contributed by atoms with van der Waals surface area (Å²) in [5.41, 5.74) is 1.46. The Kier molecular flexibility index (Phi) is 4.02. The highest BCUT2D eigenvalue weighted by molar-refractivity contribution is 7.21. The molecule has 148 valence electrons. The molecule has 0 aliphatic carbocycles. The fraction of sp³-hybridized carbons (Fsp3) is 0.300. The number of nitrogens with zero attached hydrogens (tertiary/aromatic N) is 6. The number of carbonyl (C=O) groups is 1. The average molecular weight is 410 g/mol. The molecule has 0 bridgehead atoms. The Labute approximate surface area is 170 Å². The predicted octanol–water partition coefficient (Wildman–Crippen LogP) is 3.56. The van der Waals surface area contributed by atoms with Crippen LogP contribution in [0.1, 0.15) is 34.8 Å². The van der Waals surface area contributed by atoms with Gasteiger partial charge in [-0.3, -0.25) is 9.48 Å². The van der Waals surface area contributed by atoms with Crippen LogP contribution < -0.4 is 0 Å². The van der Waals surface area contributed by atoms with Crippen LogP contribution in [0.5, 0.6) is 0 Å². The molecule has 7 nitrogen and oxygen atoms in total. The maximum atomic E-state index is 13.2. The van der Waals surface area contributed by atoms with Crippen molar-refractivity contribution >= 4 is 27.5 Å². The Balaban J connectivity index is 1.48. The third kappa shape index (κ3) is 2.76. The number of amides is 1. The molecule has 4 heterocycles. The monoisotopic (exact) mass is 410 g/mol. The predicted molar refractivity (Wildman–Crippen MR) is 108 cm³/mol. The molecule has 1 aliphatic heterocycles. The molecule has 0 fully saturated rings. The van der Waals surface area contributed by atoms with Gasteiger partial charge in [-0.25, -0.2) is 4.39 Å². The normalized spacial score (nSPS) is 16.4. The lowest BCUT2D eigenvalue weighted by molar-refractivity contribution is 0.0638. The lowest BCUT2D eigenvalue weighted by atomic mass is 10.1. The maximum absolute atomic E-state index is 13.2. The number of thiophene rings is 1. The first-order chi connectivity index (χ1) is 13.9. The lowest BCUT2D eigenvalue weighted by Gasteiger charge is -2.33. The minimum atomic E-state index is -0.355. The van der Waals surface area contributed by atoms with Gasteiger partial charge in [0.25, 0.3) is 5.91 Å². The molecule has 0 spiro atoms. The molecule has 4 aromatic rings. The second kappa shape index (κ2) is 6.48. The van der Waals surface area contributed by atoms with Gasteiger partial charge in [-0.1, -0.05) is 0 Å². The summed E-state index contributed by atoms with van der Waals surface area (Å²) in [6.07, 6.45) is 0. The average Bonchev–Trinajstić information content (AvgIpc) is 3.38. The van der Waals surface area contributed by atoms with E-state index in [0.29, 0.717) is 18.7 Å². The number of rotatable bonds is 2. The van der Waals surface area contributed by atoms with E-state index in [4.69, 9.17) is 0 Å². The van der Waals surface area contributed by atoms with E-state index in [0.717, 1.165) is 32.4 Å². The van der Waals surface area contributed by atoms with E-state index in [9.17, 15) is 9.18 Å². The number of carbonyl (C=O) groups excluding carboxylic acids is 1. The number of benzene rings is 1. The number of halogens is 1. The second-order valence-electron chi connectivity index (χ2n) is 7.25. The maximum Gasteiger partial charge on any atom is 0.254 e. The molecule has 29 heavy (non-hydrogen) atoms. The van der Waals surface area contributed by atoms with Crippen molar-refractivity contribution in [3.63, 3.8) is 0 Å². The highest BCUT2D eigenvalue weighted by Gasteiger charge is 2.32. The molecular weight excluding hydrogens is 391 g/mol. The molecule has 1 amide bonds. The van der Waals surface area contributed by atoms with Gasteiger partial charge in [0.1, 0.15) is 10.6 Å². The van der Waals surface area contributed by atoms with Crippen molar-refractivity contribution in [3.05, 3.63) is 53.2 Å². The summed E-state index contributed by atoms with van der Waals surface area (Å²) in [7, 11) is 1.94. The fourth-order valence-corrected chi connectivity index (χ4v) is 5.04. The van der Waals surface area contributed by atoms with Gasteiger partial charge >= 0.3 is 0 Å². The number of hydrogen-bond acceptors (Lipinski definition) is 5. The highest BCUT2D eigenvalue weighted by Crippen LogP contribution is 2.36. The van der Waals surface area contributed by atoms with Crippen molar-refractivity contribution in [1.82, 2.24) is 29.4 Å². The van der Waals surface area contributed by atoms with Crippen molar-refractivity contribution < 1.29 is 9.18 Å². The molecule has 0 radical (unpaired) electrons. The summed E-state index contributed by atoms with van der Waals surface area (Å²) in [4.78, 5) is 16.8. The molecule has 1 aliphatic rings. The zero-order valence-corrected chi connectivity index (χ0v) is 17.1. The Morgan fingerprint density at radius 3 is 2.69 bits per heavy atom. The van der Waals surface area contributed by atoms with Crippen LogP contribution in [0.3, 0.4) is 0 Å². The van der Waals surface area contributed by atoms with E-state index in [2.05, 4.69) is 25.9 Å². The topological polar surface area (TPSA) is 68.8 Å². The van der Waals surface area contributed by atoms with Crippen LogP contribution in [0.2, 0.25) is 0 Å². The molecular formula is C20H19FN6OS. The van der Waals surface area contributed by atoms with E-state index in [1.165, 1.54) is 24.3 Å². The van der Waals surface area contributed by atoms with Crippen LogP contribution in [0.15, 0.2) is 30.3 Å². The molecule has 1 atom stereocenters. The minimum Gasteiger partial charge on any atom is -0.327 e. The molecule has 5 rings (SSSR count). The van der Waals surface area contributed by atoms with Gasteiger partial charge in [-0.15, -0.1) is 21.5 Å². The first kappa shape index (κ1) is 18.0. The minimum absolute atomic E-state index is 0.128. The third-order valence-electron chi connectivity index (χ3n) is 5.45. The summed E-state index contributed by atoms with van der Waals surface area (Å²) in [5.74, 6) is 1.10.